The Morgan fingerprint density at radius 2 is 2.29 bits per heavy atom. The van der Waals surface area contributed by atoms with E-state index < -0.39 is 0 Å². The van der Waals surface area contributed by atoms with E-state index in [1.165, 1.54) is 17.7 Å². The van der Waals surface area contributed by atoms with E-state index in [0.29, 0.717) is 11.5 Å². The zero-order chi connectivity index (χ0) is 10.3. The summed E-state index contributed by atoms with van der Waals surface area (Å²) >= 11 is 0. The van der Waals surface area contributed by atoms with Gasteiger partial charge in [0, 0.05) is 13.2 Å². The first-order valence-corrected chi connectivity index (χ1v) is 5.21. The van der Waals surface area contributed by atoms with Crippen LogP contribution < -0.4 is 5.32 Å². The molecule has 3 heteroatoms. The van der Waals surface area contributed by atoms with Gasteiger partial charge in [0.2, 0.25) is 0 Å². The summed E-state index contributed by atoms with van der Waals surface area (Å²) in [5, 5.41) is 7.88. The van der Waals surface area contributed by atoms with Gasteiger partial charge in [-0.1, -0.05) is 13.8 Å². The monoisotopic (exact) mass is 193 g/mol. The predicted molar refractivity (Wildman–Crippen MR) is 57.1 cm³/mol. The Balaban J connectivity index is 2.40. The molecule has 1 N–H and O–H groups in total. The Morgan fingerprint density at radius 3 is 2.93 bits per heavy atom. The van der Waals surface area contributed by atoms with Gasteiger partial charge in [-0.3, -0.25) is 4.68 Å². The first-order chi connectivity index (χ1) is 6.52. The fourth-order valence-corrected chi connectivity index (χ4v) is 2.46. The maximum atomic E-state index is 4.52. The van der Waals surface area contributed by atoms with E-state index >= 15 is 0 Å². The number of hydrogen-bond donors (Lipinski definition) is 1. The van der Waals surface area contributed by atoms with Gasteiger partial charge in [-0.05, 0) is 30.9 Å². The van der Waals surface area contributed by atoms with Gasteiger partial charge in [-0.2, -0.15) is 5.10 Å². The Hall–Kier alpha value is -0.830. The molecule has 1 aliphatic rings. The Bertz CT molecular complexity index is 338. The molecule has 0 fully saturated rings. The highest BCUT2D eigenvalue weighted by atomic mass is 15.3. The number of aryl methyl sites for hydroxylation is 1. The lowest BCUT2D eigenvalue weighted by Crippen LogP contribution is -2.31. The van der Waals surface area contributed by atoms with E-state index in [4.69, 9.17) is 0 Å². The molecular weight excluding hydrogens is 174 g/mol. The quantitative estimate of drug-likeness (QED) is 0.735. The van der Waals surface area contributed by atoms with E-state index in [1.54, 1.807) is 0 Å². The molecular formula is C11H19N3. The third-order valence-corrected chi connectivity index (χ3v) is 3.04. The lowest BCUT2D eigenvalue weighted by Gasteiger charge is -2.34. The van der Waals surface area contributed by atoms with Crippen LogP contribution in [0.5, 0.6) is 0 Å². The Labute approximate surface area is 85.5 Å². The summed E-state index contributed by atoms with van der Waals surface area (Å²) < 4.78 is 1.93. The van der Waals surface area contributed by atoms with Gasteiger partial charge in [0.25, 0.3) is 0 Å². The molecule has 0 bridgehead atoms. The van der Waals surface area contributed by atoms with Gasteiger partial charge in [-0.25, -0.2) is 0 Å². The number of fused-ring (bicyclic) bond motifs is 1. The highest BCUT2D eigenvalue weighted by Gasteiger charge is 2.33. The molecule has 0 saturated heterocycles. The molecule has 1 aromatic heterocycles. The number of nitrogens with zero attached hydrogens (tertiary/aromatic N) is 2. The minimum atomic E-state index is 0.393. The highest BCUT2D eigenvalue weighted by Crippen LogP contribution is 2.39. The summed E-state index contributed by atoms with van der Waals surface area (Å²) in [6, 6.07) is 0.426. The molecule has 0 saturated carbocycles. The maximum absolute atomic E-state index is 4.52. The Morgan fingerprint density at radius 1 is 1.57 bits per heavy atom. The van der Waals surface area contributed by atoms with Crippen molar-refractivity contribution in [3.05, 3.63) is 17.5 Å². The fourth-order valence-electron chi connectivity index (χ4n) is 2.46. The lowest BCUT2D eigenvalue weighted by molar-refractivity contribution is 0.262. The van der Waals surface area contributed by atoms with Crippen LogP contribution in [0.3, 0.4) is 0 Å². The van der Waals surface area contributed by atoms with Crippen molar-refractivity contribution in [2.75, 3.05) is 7.05 Å². The standard InChI is InChI=1S/C11H19N3/c1-11(2)5-8-7-14(4)13-10(8)9(6-11)12-3/h7,9,12H,5-6H2,1-4H3. The molecule has 1 aliphatic carbocycles. The van der Waals surface area contributed by atoms with Gasteiger partial charge in [0.1, 0.15) is 0 Å². The zero-order valence-electron chi connectivity index (χ0n) is 9.46. The molecule has 2 rings (SSSR count). The molecule has 0 radical (unpaired) electrons. The van der Waals surface area contributed by atoms with E-state index in [-0.39, 0.29) is 0 Å². The SMILES string of the molecule is CNC1CC(C)(C)Cc2cn(C)nc21. The average Bonchev–Trinajstić information content (AvgIpc) is 2.41. The first-order valence-electron chi connectivity index (χ1n) is 5.21. The summed E-state index contributed by atoms with van der Waals surface area (Å²) in [5.41, 5.74) is 3.04. The molecule has 0 spiro atoms. The van der Waals surface area contributed by atoms with Gasteiger partial charge >= 0.3 is 0 Å². The largest absolute Gasteiger partial charge is 0.312 e. The first kappa shape index (κ1) is 9.71. The van der Waals surface area contributed by atoms with E-state index in [0.717, 1.165) is 6.42 Å². The summed E-state index contributed by atoms with van der Waals surface area (Å²) in [7, 11) is 4.02. The van der Waals surface area contributed by atoms with Crippen LogP contribution in [-0.2, 0) is 13.5 Å². The van der Waals surface area contributed by atoms with Crippen LogP contribution in [0, 0.1) is 5.41 Å². The van der Waals surface area contributed by atoms with E-state index in [2.05, 4.69) is 30.5 Å². The van der Waals surface area contributed by atoms with Crippen LogP contribution in [0.15, 0.2) is 6.20 Å². The zero-order valence-corrected chi connectivity index (χ0v) is 9.46. The van der Waals surface area contributed by atoms with Gasteiger partial charge < -0.3 is 5.32 Å². The van der Waals surface area contributed by atoms with E-state index in [9.17, 15) is 0 Å². The number of hydrogen-bond acceptors (Lipinski definition) is 2. The predicted octanol–water partition coefficient (Wildman–Crippen LogP) is 1.65. The summed E-state index contributed by atoms with van der Waals surface area (Å²) in [4.78, 5) is 0. The molecule has 1 heterocycles. The van der Waals surface area contributed by atoms with Crippen LogP contribution in [0.1, 0.15) is 37.6 Å². The second-order valence-electron chi connectivity index (χ2n) is 5.10. The van der Waals surface area contributed by atoms with Crippen LogP contribution in [0.4, 0.5) is 0 Å². The van der Waals surface area contributed by atoms with Crippen molar-refractivity contribution in [1.29, 1.82) is 0 Å². The molecule has 78 valence electrons. The minimum Gasteiger partial charge on any atom is -0.312 e. The van der Waals surface area contributed by atoms with Gasteiger partial charge in [-0.15, -0.1) is 0 Å². The molecule has 1 unspecified atom stereocenters. The van der Waals surface area contributed by atoms with Crippen LogP contribution in [-0.4, -0.2) is 16.8 Å². The average molecular weight is 193 g/mol. The lowest BCUT2D eigenvalue weighted by atomic mass is 9.74. The van der Waals surface area contributed by atoms with Crippen molar-refractivity contribution < 1.29 is 0 Å². The fraction of sp³-hybridized carbons (Fsp3) is 0.727. The summed E-state index contributed by atoms with van der Waals surface area (Å²) in [6.07, 6.45) is 4.47. The highest BCUT2D eigenvalue weighted by molar-refractivity contribution is 5.25. The van der Waals surface area contributed by atoms with Crippen molar-refractivity contribution in [3.8, 4) is 0 Å². The molecule has 1 aromatic rings. The van der Waals surface area contributed by atoms with Crippen molar-refractivity contribution in [2.24, 2.45) is 12.5 Å². The number of aromatic nitrogens is 2. The molecule has 0 aliphatic heterocycles. The second kappa shape index (κ2) is 3.09. The summed E-state index contributed by atoms with van der Waals surface area (Å²) in [5.74, 6) is 0. The van der Waals surface area contributed by atoms with E-state index in [1.807, 2.05) is 18.8 Å². The molecule has 1 atom stereocenters. The van der Waals surface area contributed by atoms with Crippen molar-refractivity contribution >= 4 is 0 Å². The summed E-state index contributed by atoms with van der Waals surface area (Å²) in [6.45, 7) is 4.65. The van der Waals surface area contributed by atoms with Crippen molar-refractivity contribution in [1.82, 2.24) is 15.1 Å². The second-order valence-corrected chi connectivity index (χ2v) is 5.10. The topological polar surface area (TPSA) is 29.9 Å². The van der Waals surface area contributed by atoms with Crippen LogP contribution in [0.2, 0.25) is 0 Å². The van der Waals surface area contributed by atoms with Gasteiger partial charge in [0.15, 0.2) is 0 Å². The van der Waals surface area contributed by atoms with Crippen molar-refractivity contribution in [3.63, 3.8) is 0 Å². The van der Waals surface area contributed by atoms with Gasteiger partial charge in [0.05, 0.1) is 11.7 Å². The maximum Gasteiger partial charge on any atom is 0.0826 e. The Kier molecular flexibility index (Phi) is 2.14. The number of rotatable bonds is 1. The third-order valence-electron chi connectivity index (χ3n) is 3.04. The number of nitrogens with one attached hydrogen (secondary N) is 1. The third kappa shape index (κ3) is 1.57. The minimum absolute atomic E-state index is 0.393. The molecule has 0 amide bonds. The smallest absolute Gasteiger partial charge is 0.0826 e. The van der Waals surface area contributed by atoms with Crippen LogP contribution in [0.25, 0.3) is 0 Å². The van der Waals surface area contributed by atoms with Crippen LogP contribution >= 0.6 is 0 Å². The molecule has 3 nitrogen and oxygen atoms in total. The molecule has 14 heavy (non-hydrogen) atoms. The molecule has 0 aromatic carbocycles. The normalized spacial score (nSPS) is 24.7. The van der Waals surface area contributed by atoms with Crippen molar-refractivity contribution in [2.45, 2.75) is 32.7 Å².